The Morgan fingerprint density at radius 2 is 1.67 bits per heavy atom. The van der Waals surface area contributed by atoms with Crippen LogP contribution < -0.4 is 9.46 Å². The van der Waals surface area contributed by atoms with Gasteiger partial charge in [-0.05, 0) is 36.8 Å². The van der Waals surface area contributed by atoms with Crippen LogP contribution in [0.1, 0.15) is 11.1 Å². The van der Waals surface area contributed by atoms with E-state index in [1.807, 2.05) is 49.4 Å². The van der Waals surface area contributed by atoms with Crippen molar-refractivity contribution in [3.05, 3.63) is 77.9 Å². The molecule has 0 bridgehead atoms. The van der Waals surface area contributed by atoms with E-state index in [0.717, 1.165) is 16.9 Å². The highest BCUT2D eigenvalue weighted by Crippen LogP contribution is 2.12. The highest BCUT2D eigenvalue weighted by molar-refractivity contribution is 7.89. The average molecular weight is 343 g/mol. The molecule has 0 aliphatic rings. The van der Waals surface area contributed by atoms with Crippen molar-refractivity contribution in [3.63, 3.8) is 0 Å². The largest absolute Gasteiger partial charge is 0.497 e. The molecule has 0 atom stereocenters. The maximum Gasteiger partial charge on any atom is 0.240 e. The van der Waals surface area contributed by atoms with Crippen LogP contribution in [0.4, 0.5) is 0 Å². The number of nitrogens with one attached hydrogen (secondary N) is 1. The molecule has 0 spiro atoms. The van der Waals surface area contributed by atoms with E-state index in [1.54, 1.807) is 37.5 Å². The first-order chi connectivity index (χ1) is 11.5. The molecule has 2 rings (SSSR count). The van der Waals surface area contributed by atoms with Crippen LogP contribution in [0.2, 0.25) is 0 Å². The number of hydrogen-bond acceptors (Lipinski definition) is 3. The van der Waals surface area contributed by atoms with E-state index in [-0.39, 0.29) is 11.4 Å². The molecule has 0 aliphatic heterocycles. The van der Waals surface area contributed by atoms with Crippen LogP contribution in [0.15, 0.2) is 71.7 Å². The molecule has 24 heavy (non-hydrogen) atoms. The van der Waals surface area contributed by atoms with Crippen molar-refractivity contribution in [2.24, 2.45) is 0 Å². The number of methoxy groups -OCH3 is 1. The number of benzene rings is 2. The number of aryl methyl sites for hydroxylation is 1. The van der Waals surface area contributed by atoms with Crippen LogP contribution in [-0.2, 0) is 10.0 Å². The summed E-state index contributed by atoms with van der Waals surface area (Å²) in [6.45, 7) is 2.16. The van der Waals surface area contributed by atoms with Crippen molar-refractivity contribution >= 4 is 16.1 Å². The van der Waals surface area contributed by atoms with Gasteiger partial charge in [0.15, 0.2) is 0 Å². The lowest BCUT2D eigenvalue weighted by Crippen LogP contribution is -2.23. The Labute approximate surface area is 143 Å². The number of hydrogen-bond donors (Lipinski definition) is 1. The Kier molecular flexibility index (Phi) is 6.35. The Bertz CT molecular complexity index is 805. The summed E-state index contributed by atoms with van der Waals surface area (Å²) in [5.41, 5.74) is 2.07. The van der Waals surface area contributed by atoms with Crippen LogP contribution in [0.3, 0.4) is 0 Å². The molecule has 4 nitrogen and oxygen atoms in total. The lowest BCUT2D eigenvalue weighted by molar-refractivity contribution is 0.415. The third-order valence-corrected chi connectivity index (χ3v) is 4.81. The second-order valence-corrected chi connectivity index (χ2v) is 6.99. The highest BCUT2D eigenvalue weighted by Gasteiger charge is 2.11. The molecule has 0 saturated heterocycles. The smallest absolute Gasteiger partial charge is 0.240 e. The first-order valence-corrected chi connectivity index (χ1v) is 9.03. The standard InChI is InChI=1S/C19H21NO3S/c1-16-7-13-19(14-8-16)24(21,22)20-15-5-3-4-6-17-9-11-18(23-2)12-10-17/h3-14,20H,15H2,1-2H3/b5-3+,6-4-. The van der Waals surface area contributed by atoms with Gasteiger partial charge in [0.25, 0.3) is 0 Å². The van der Waals surface area contributed by atoms with Gasteiger partial charge in [-0.3, -0.25) is 0 Å². The van der Waals surface area contributed by atoms with Gasteiger partial charge in [-0.1, -0.05) is 54.1 Å². The summed E-state index contributed by atoms with van der Waals surface area (Å²) in [5.74, 6) is 0.813. The van der Waals surface area contributed by atoms with Crippen molar-refractivity contribution in [2.45, 2.75) is 11.8 Å². The molecule has 0 aliphatic carbocycles. The van der Waals surface area contributed by atoms with Crippen LogP contribution in [-0.4, -0.2) is 22.1 Å². The summed E-state index contributed by atoms with van der Waals surface area (Å²) < 4.78 is 31.8. The number of allylic oxidation sites excluding steroid dienone is 2. The molecule has 1 N–H and O–H groups in total. The summed E-state index contributed by atoms with van der Waals surface area (Å²) in [7, 11) is -1.83. The Morgan fingerprint density at radius 3 is 2.29 bits per heavy atom. The maximum atomic E-state index is 12.1. The zero-order valence-electron chi connectivity index (χ0n) is 13.8. The van der Waals surface area contributed by atoms with E-state index in [1.165, 1.54) is 0 Å². The molecule has 0 amide bonds. The summed E-state index contributed by atoms with van der Waals surface area (Å²) in [6, 6.07) is 14.4. The van der Waals surface area contributed by atoms with Gasteiger partial charge in [0.05, 0.1) is 12.0 Å². The van der Waals surface area contributed by atoms with Gasteiger partial charge >= 0.3 is 0 Å². The molecule has 0 aromatic heterocycles. The van der Waals surface area contributed by atoms with Gasteiger partial charge in [-0.25, -0.2) is 13.1 Å². The molecule has 0 fully saturated rings. The first kappa shape index (κ1) is 18.0. The minimum absolute atomic E-state index is 0.239. The fourth-order valence-corrected chi connectivity index (χ4v) is 2.96. The zero-order chi connectivity index (χ0) is 17.4. The predicted octanol–water partition coefficient (Wildman–Crippen LogP) is 3.55. The molecule has 126 valence electrons. The highest BCUT2D eigenvalue weighted by atomic mass is 32.2. The average Bonchev–Trinajstić information content (AvgIpc) is 2.59. The van der Waals surface area contributed by atoms with Crippen molar-refractivity contribution < 1.29 is 13.2 Å². The summed E-state index contributed by atoms with van der Waals surface area (Å²) >= 11 is 0. The lowest BCUT2D eigenvalue weighted by Gasteiger charge is -2.04. The van der Waals surface area contributed by atoms with E-state index in [4.69, 9.17) is 4.74 Å². The fraction of sp³-hybridized carbons (Fsp3) is 0.158. The third kappa shape index (κ3) is 5.37. The summed E-state index contributed by atoms with van der Waals surface area (Å²) in [5, 5.41) is 0. The normalized spacial score (nSPS) is 12.1. The Hall–Kier alpha value is -2.37. The van der Waals surface area contributed by atoms with E-state index in [9.17, 15) is 8.42 Å². The van der Waals surface area contributed by atoms with Crippen LogP contribution >= 0.6 is 0 Å². The number of sulfonamides is 1. The molecular weight excluding hydrogens is 322 g/mol. The molecule has 0 radical (unpaired) electrons. The topological polar surface area (TPSA) is 55.4 Å². The van der Waals surface area contributed by atoms with Gasteiger partial charge < -0.3 is 4.74 Å². The molecular formula is C19H21NO3S. The van der Waals surface area contributed by atoms with E-state index in [2.05, 4.69) is 4.72 Å². The second kappa shape index (κ2) is 8.47. The molecule has 5 heteroatoms. The van der Waals surface area contributed by atoms with Crippen molar-refractivity contribution in [1.82, 2.24) is 4.72 Å². The summed E-state index contributed by atoms with van der Waals surface area (Å²) in [4.78, 5) is 0.273. The van der Waals surface area contributed by atoms with Crippen molar-refractivity contribution in [1.29, 1.82) is 0 Å². The maximum absolute atomic E-state index is 12.1. The summed E-state index contributed by atoms with van der Waals surface area (Å²) in [6.07, 6.45) is 7.36. The van der Waals surface area contributed by atoms with Gasteiger partial charge in [-0.15, -0.1) is 0 Å². The Balaban J connectivity index is 1.85. The minimum Gasteiger partial charge on any atom is -0.497 e. The second-order valence-electron chi connectivity index (χ2n) is 5.23. The number of ether oxygens (including phenoxy) is 1. The fourth-order valence-electron chi connectivity index (χ4n) is 1.99. The van der Waals surface area contributed by atoms with Crippen LogP contribution in [0.25, 0.3) is 6.08 Å². The molecule has 0 unspecified atom stereocenters. The molecule has 2 aromatic rings. The van der Waals surface area contributed by atoms with Crippen LogP contribution in [0, 0.1) is 6.92 Å². The quantitative estimate of drug-likeness (QED) is 0.782. The Morgan fingerprint density at radius 1 is 1.00 bits per heavy atom. The molecule has 0 saturated carbocycles. The lowest BCUT2D eigenvalue weighted by atomic mass is 10.2. The van der Waals surface area contributed by atoms with Crippen molar-refractivity contribution in [3.8, 4) is 5.75 Å². The van der Waals surface area contributed by atoms with Gasteiger partial charge in [0, 0.05) is 6.54 Å². The zero-order valence-corrected chi connectivity index (χ0v) is 14.6. The molecule has 0 heterocycles. The molecule has 2 aromatic carbocycles. The minimum atomic E-state index is -3.46. The third-order valence-electron chi connectivity index (χ3n) is 3.37. The number of rotatable bonds is 7. The van der Waals surface area contributed by atoms with Gasteiger partial charge in [0.2, 0.25) is 10.0 Å². The van der Waals surface area contributed by atoms with Crippen LogP contribution in [0.5, 0.6) is 5.75 Å². The van der Waals surface area contributed by atoms with E-state index >= 15 is 0 Å². The first-order valence-electron chi connectivity index (χ1n) is 7.55. The van der Waals surface area contributed by atoms with Crippen molar-refractivity contribution in [2.75, 3.05) is 13.7 Å². The van der Waals surface area contributed by atoms with E-state index in [0.29, 0.717) is 0 Å². The van der Waals surface area contributed by atoms with E-state index < -0.39 is 10.0 Å². The monoisotopic (exact) mass is 343 g/mol. The van der Waals surface area contributed by atoms with Gasteiger partial charge in [0.1, 0.15) is 5.75 Å². The predicted molar refractivity (Wildman–Crippen MR) is 97.5 cm³/mol. The SMILES string of the molecule is COc1ccc(/C=C\C=C\CNS(=O)(=O)c2ccc(C)cc2)cc1. The van der Waals surface area contributed by atoms with Gasteiger partial charge in [-0.2, -0.15) is 0 Å².